The predicted octanol–water partition coefficient (Wildman–Crippen LogP) is 8.74. The van der Waals surface area contributed by atoms with Gasteiger partial charge < -0.3 is 24.4 Å². The van der Waals surface area contributed by atoms with Gasteiger partial charge in [0.05, 0.1) is 11.1 Å². The van der Waals surface area contributed by atoms with Gasteiger partial charge in [0.1, 0.15) is 23.1 Å². The number of hydrogen-bond acceptors (Lipinski definition) is 6. The van der Waals surface area contributed by atoms with E-state index < -0.39 is 0 Å². The molecule has 0 saturated heterocycles. The summed E-state index contributed by atoms with van der Waals surface area (Å²) < 4.78 is 11.9. The molecule has 220 valence electrons. The van der Waals surface area contributed by atoms with Gasteiger partial charge in [-0.2, -0.15) is 0 Å². The number of benzene rings is 2. The average Bonchev–Trinajstić information content (AvgIpc) is 3.77. The number of furan rings is 2. The third-order valence-corrected chi connectivity index (χ3v) is 7.71. The van der Waals surface area contributed by atoms with Gasteiger partial charge in [0, 0.05) is 58.4 Å². The molecule has 0 bridgehead atoms. The highest BCUT2D eigenvalue weighted by atomic mass is 79.9. The van der Waals surface area contributed by atoms with Crippen LogP contribution in [0.5, 0.6) is 0 Å². The Labute approximate surface area is 271 Å². The molecular weight excluding hydrogens is 667 g/mol. The number of nitrogens with zero attached hydrogens (tertiary/aromatic N) is 2. The molecule has 5 aromatic rings. The van der Waals surface area contributed by atoms with E-state index in [-0.39, 0.29) is 11.8 Å². The van der Waals surface area contributed by atoms with Crippen LogP contribution in [-0.4, -0.2) is 30.9 Å². The summed E-state index contributed by atoms with van der Waals surface area (Å²) in [6.07, 6.45) is 5.19. The summed E-state index contributed by atoms with van der Waals surface area (Å²) >= 11 is 15.2. The molecule has 2 aromatic carbocycles. The fourth-order valence-electron chi connectivity index (χ4n) is 4.68. The summed E-state index contributed by atoms with van der Waals surface area (Å²) in [5.41, 5.74) is 5.04. The standard InChI is InChI=1S/C20H16ClN3O2.C13H7BrClNO2/c1-24(2)19-8-3-12(11-22-19)18-7-5-14(26-18)10-16-15-9-13(21)4-6-17(15)23-20(16)25;14-12-4-2-8(18-12)6-10-9-5-7(15)1-3-11(9)16-13(10)17/h3-11H,1-2H3,(H,23,25);1-6H,(H,16,17)/b16-10-;10-6-. The van der Waals surface area contributed by atoms with Gasteiger partial charge in [-0.1, -0.05) is 23.2 Å². The van der Waals surface area contributed by atoms with Crippen LogP contribution in [0.15, 0.2) is 92.5 Å². The van der Waals surface area contributed by atoms with Crippen LogP contribution in [0.25, 0.3) is 34.6 Å². The van der Waals surface area contributed by atoms with Crippen molar-refractivity contribution in [1.29, 1.82) is 0 Å². The van der Waals surface area contributed by atoms with E-state index >= 15 is 0 Å². The van der Waals surface area contributed by atoms with Crippen molar-refractivity contribution in [3.8, 4) is 11.3 Å². The minimum Gasteiger partial charge on any atom is -0.457 e. The first kappa shape index (κ1) is 29.5. The predicted molar refractivity (Wildman–Crippen MR) is 179 cm³/mol. The van der Waals surface area contributed by atoms with Crippen LogP contribution in [0.3, 0.4) is 0 Å². The van der Waals surface area contributed by atoms with Gasteiger partial charge in [-0.05, 0) is 101 Å². The van der Waals surface area contributed by atoms with Gasteiger partial charge >= 0.3 is 0 Å². The van der Waals surface area contributed by atoms with Crippen LogP contribution in [0.4, 0.5) is 17.2 Å². The number of pyridine rings is 1. The third-order valence-electron chi connectivity index (χ3n) is 6.81. The SMILES string of the molecule is CN(C)c1ccc(-c2ccc(/C=C3\C(=O)Nc4ccc(Cl)cc43)o2)cn1.O=C1Nc2ccc(Cl)cc2/C1=C/c1ccc(Br)o1. The summed E-state index contributed by atoms with van der Waals surface area (Å²) in [4.78, 5) is 30.4. The molecule has 2 aliphatic rings. The number of nitrogens with one attached hydrogen (secondary N) is 2. The summed E-state index contributed by atoms with van der Waals surface area (Å²) in [5.74, 6) is 2.45. The second-order valence-electron chi connectivity index (χ2n) is 10.0. The zero-order valence-electron chi connectivity index (χ0n) is 23.3. The Morgan fingerprint density at radius 2 is 1.32 bits per heavy atom. The Balaban J connectivity index is 0.000000167. The van der Waals surface area contributed by atoms with E-state index in [0.29, 0.717) is 43.1 Å². The highest BCUT2D eigenvalue weighted by Crippen LogP contribution is 2.37. The molecule has 5 heterocycles. The van der Waals surface area contributed by atoms with Gasteiger partial charge in [-0.15, -0.1) is 0 Å². The third kappa shape index (κ3) is 6.21. The molecule has 0 unspecified atom stereocenters. The molecule has 0 saturated carbocycles. The zero-order chi connectivity index (χ0) is 31.0. The van der Waals surface area contributed by atoms with Crippen molar-refractivity contribution in [2.24, 2.45) is 0 Å². The fourth-order valence-corrected chi connectivity index (χ4v) is 5.34. The molecule has 3 aromatic heterocycles. The number of rotatable bonds is 4. The Kier molecular flexibility index (Phi) is 8.18. The number of halogens is 3. The fraction of sp³-hybridized carbons (Fsp3) is 0.0606. The maximum Gasteiger partial charge on any atom is 0.256 e. The van der Waals surface area contributed by atoms with Gasteiger partial charge in [0.15, 0.2) is 4.67 Å². The lowest BCUT2D eigenvalue weighted by atomic mass is 10.1. The van der Waals surface area contributed by atoms with Crippen molar-refractivity contribution in [1.82, 2.24) is 4.98 Å². The van der Waals surface area contributed by atoms with Gasteiger partial charge in [-0.3, -0.25) is 9.59 Å². The Hall–Kier alpha value is -4.57. The van der Waals surface area contributed by atoms with Gasteiger partial charge in [0.2, 0.25) is 0 Å². The molecule has 11 heteroatoms. The lowest BCUT2D eigenvalue weighted by molar-refractivity contribution is -0.111. The molecule has 0 radical (unpaired) electrons. The first-order chi connectivity index (χ1) is 21.1. The highest BCUT2D eigenvalue weighted by Gasteiger charge is 2.25. The molecule has 2 aliphatic heterocycles. The topological polar surface area (TPSA) is 101 Å². The summed E-state index contributed by atoms with van der Waals surface area (Å²) in [5, 5.41) is 6.79. The Morgan fingerprint density at radius 1 is 0.750 bits per heavy atom. The van der Waals surface area contributed by atoms with Crippen molar-refractivity contribution >= 4 is 91.4 Å². The first-order valence-corrected chi connectivity index (χ1v) is 14.8. The van der Waals surface area contributed by atoms with Crippen LogP contribution in [0, 0.1) is 0 Å². The van der Waals surface area contributed by atoms with Crippen molar-refractivity contribution in [2.45, 2.75) is 0 Å². The second kappa shape index (κ2) is 12.2. The minimum absolute atomic E-state index is 0.153. The zero-order valence-corrected chi connectivity index (χ0v) is 26.4. The lowest BCUT2D eigenvalue weighted by Gasteiger charge is -2.10. The van der Waals surface area contributed by atoms with Crippen molar-refractivity contribution in [3.63, 3.8) is 0 Å². The molecule has 7 rings (SSSR count). The van der Waals surface area contributed by atoms with E-state index in [1.54, 1.807) is 66.9 Å². The second-order valence-corrected chi connectivity index (χ2v) is 11.7. The largest absolute Gasteiger partial charge is 0.457 e. The molecule has 44 heavy (non-hydrogen) atoms. The maximum absolute atomic E-state index is 12.2. The summed E-state index contributed by atoms with van der Waals surface area (Å²) in [6, 6.07) is 21.7. The van der Waals surface area contributed by atoms with Gasteiger partial charge in [0.25, 0.3) is 11.8 Å². The number of anilines is 3. The van der Waals surface area contributed by atoms with Crippen LogP contribution < -0.4 is 15.5 Å². The minimum atomic E-state index is -0.169. The average molecular weight is 690 g/mol. The molecule has 0 aliphatic carbocycles. The van der Waals surface area contributed by atoms with E-state index in [1.165, 1.54) is 0 Å². The first-order valence-electron chi connectivity index (χ1n) is 13.3. The lowest BCUT2D eigenvalue weighted by Crippen LogP contribution is -2.09. The molecule has 0 atom stereocenters. The van der Waals surface area contributed by atoms with Crippen LogP contribution in [0.1, 0.15) is 22.6 Å². The molecule has 2 N–H and O–H groups in total. The van der Waals surface area contributed by atoms with E-state index in [2.05, 4.69) is 31.5 Å². The van der Waals surface area contributed by atoms with Crippen LogP contribution in [-0.2, 0) is 9.59 Å². The number of fused-ring (bicyclic) bond motifs is 2. The summed E-state index contributed by atoms with van der Waals surface area (Å²) in [7, 11) is 3.88. The van der Waals surface area contributed by atoms with E-state index in [4.69, 9.17) is 32.0 Å². The normalized spacial score (nSPS) is 15.0. The molecule has 2 amide bonds. The molecule has 0 spiro atoms. The van der Waals surface area contributed by atoms with E-state index in [9.17, 15) is 9.59 Å². The molecule has 8 nitrogen and oxygen atoms in total. The number of aromatic nitrogens is 1. The quantitative estimate of drug-likeness (QED) is 0.183. The highest BCUT2D eigenvalue weighted by molar-refractivity contribution is 9.10. The number of carbonyl (C=O) groups excluding carboxylic acids is 2. The van der Waals surface area contributed by atoms with Crippen LogP contribution >= 0.6 is 39.1 Å². The molecular formula is C33H23BrCl2N4O4. The number of hydrogen-bond donors (Lipinski definition) is 2. The number of amides is 2. The van der Waals surface area contributed by atoms with Crippen molar-refractivity contribution in [2.75, 3.05) is 29.6 Å². The van der Waals surface area contributed by atoms with Crippen molar-refractivity contribution < 1.29 is 18.4 Å². The van der Waals surface area contributed by atoms with Crippen molar-refractivity contribution in [3.05, 3.63) is 116 Å². The Morgan fingerprint density at radius 3 is 1.82 bits per heavy atom. The monoisotopic (exact) mass is 688 g/mol. The Bertz CT molecular complexity index is 1980. The maximum atomic E-state index is 12.2. The van der Waals surface area contributed by atoms with Gasteiger partial charge in [-0.25, -0.2) is 4.98 Å². The smallest absolute Gasteiger partial charge is 0.256 e. The van der Waals surface area contributed by atoms with E-state index in [0.717, 1.165) is 33.9 Å². The van der Waals surface area contributed by atoms with Crippen LogP contribution in [0.2, 0.25) is 10.0 Å². The van der Waals surface area contributed by atoms with E-state index in [1.807, 2.05) is 43.3 Å². The molecule has 0 fully saturated rings. The number of carbonyl (C=O) groups is 2. The summed E-state index contributed by atoms with van der Waals surface area (Å²) in [6.45, 7) is 0.